The van der Waals surface area contributed by atoms with Gasteiger partial charge in [-0.2, -0.15) is 0 Å². The number of nitrogens with one attached hydrogen (secondary N) is 2. The molecule has 0 saturated heterocycles. The number of fused-ring (bicyclic) bond motifs is 2. The van der Waals surface area contributed by atoms with Crippen molar-refractivity contribution in [2.45, 2.75) is 70.4 Å². The van der Waals surface area contributed by atoms with Gasteiger partial charge in [0.2, 0.25) is 5.91 Å². The lowest BCUT2D eigenvalue weighted by Gasteiger charge is -2.25. The lowest BCUT2D eigenvalue weighted by atomic mass is 9.95. The van der Waals surface area contributed by atoms with Gasteiger partial charge in [0.1, 0.15) is 0 Å². The van der Waals surface area contributed by atoms with Crippen LogP contribution in [0.2, 0.25) is 0 Å². The van der Waals surface area contributed by atoms with Crippen LogP contribution in [-0.4, -0.2) is 25.0 Å². The van der Waals surface area contributed by atoms with Gasteiger partial charge in [0.15, 0.2) is 0 Å². The monoisotopic (exact) mass is 252 g/mol. The largest absolute Gasteiger partial charge is 0.352 e. The molecule has 18 heavy (non-hydrogen) atoms. The van der Waals surface area contributed by atoms with E-state index in [-0.39, 0.29) is 11.9 Å². The van der Waals surface area contributed by atoms with Crippen molar-refractivity contribution >= 4 is 5.91 Å². The molecule has 2 saturated carbocycles. The molecule has 0 aromatic heterocycles. The second-order valence-electron chi connectivity index (χ2n) is 6.13. The fourth-order valence-corrected chi connectivity index (χ4v) is 3.71. The maximum Gasteiger partial charge on any atom is 0.237 e. The molecule has 0 radical (unpaired) electrons. The second-order valence-corrected chi connectivity index (χ2v) is 6.13. The molecule has 3 nitrogen and oxygen atoms in total. The Kier molecular flexibility index (Phi) is 5.04. The first kappa shape index (κ1) is 13.9. The molecule has 2 aliphatic rings. The van der Waals surface area contributed by atoms with Crippen molar-refractivity contribution in [1.29, 1.82) is 0 Å². The number of likely N-dealkylation sites (N-methyl/N-ethyl adjacent to an activating group) is 1. The van der Waals surface area contributed by atoms with E-state index in [0.717, 1.165) is 24.7 Å². The van der Waals surface area contributed by atoms with Crippen molar-refractivity contribution in [3.8, 4) is 0 Å². The fourth-order valence-electron chi connectivity index (χ4n) is 3.71. The van der Waals surface area contributed by atoms with Crippen LogP contribution in [0.5, 0.6) is 0 Å². The van der Waals surface area contributed by atoms with Crippen molar-refractivity contribution in [3.63, 3.8) is 0 Å². The number of rotatable bonds is 7. The normalized spacial score (nSPS) is 31.6. The average Bonchev–Trinajstić information content (AvgIpc) is 2.96. The van der Waals surface area contributed by atoms with Gasteiger partial charge in [-0.25, -0.2) is 0 Å². The molecule has 0 heterocycles. The van der Waals surface area contributed by atoms with E-state index in [1.165, 1.54) is 38.5 Å². The van der Waals surface area contributed by atoms with E-state index in [1.54, 1.807) is 0 Å². The zero-order valence-corrected chi connectivity index (χ0v) is 11.9. The standard InChI is InChI=1S/C15H28N2O/c1-3-4-5-6-13(16-2)15(18)17-14-10-11-7-8-12(14)9-11/h11-14,16H,3-10H2,1-2H3,(H,17,18). The summed E-state index contributed by atoms with van der Waals surface area (Å²) in [4.78, 5) is 12.2. The average molecular weight is 252 g/mol. The summed E-state index contributed by atoms with van der Waals surface area (Å²) < 4.78 is 0. The molecule has 0 spiro atoms. The zero-order valence-electron chi connectivity index (χ0n) is 11.9. The van der Waals surface area contributed by atoms with Crippen molar-refractivity contribution in [1.82, 2.24) is 10.6 Å². The molecular weight excluding hydrogens is 224 g/mol. The number of amides is 1. The highest BCUT2D eigenvalue weighted by atomic mass is 16.2. The van der Waals surface area contributed by atoms with Crippen LogP contribution in [0.3, 0.4) is 0 Å². The van der Waals surface area contributed by atoms with Crippen LogP contribution >= 0.6 is 0 Å². The van der Waals surface area contributed by atoms with Gasteiger partial charge in [-0.1, -0.05) is 32.6 Å². The first-order valence-electron chi connectivity index (χ1n) is 7.72. The predicted molar refractivity (Wildman–Crippen MR) is 74.4 cm³/mol. The molecule has 0 aromatic carbocycles. The molecule has 0 aliphatic heterocycles. The SMILES string of the molecule is CCCCCC(NC)C(=O)NC1CC2CCC1C2. The van der Waals surface area contributed by atoms with Crippen LogP contribution in [0.15, 0.2) is 0 Å². The Morgan fingerprint density at radius 1 is 1.28 bits per heavy atom. The number of hydrogen-bond acceptors (Lipinski definition) is 2. The molecule has 3 heteroatoms. The summed E-state index contributed by atoms with van der Waals surface area (Å²) in [6, 6.07) is 0.481. The highest BCUT2D eigenvalue weighted by Gasteiger charge is 2.40. The Bertz CT molecular complexity index is 280. The van der Waals surface area contributed by atoms with Crippen LogP contribution in [-0.2, 0) is 4.79 Å². The molecule has 4 atom stereocenters. The van der Waals surface area contributed by atoms with E-state index in [9.17, 15) is 4.79 Å². The van der Waals surface area contributed by atoms with Gasteiger partial charge in [0.25, 0.3) is 0 Å². The van der Waals surface area contributed by atoms with Gasteiger partial charge < -0.3 is 10.6 Å². The minimum absolute atomic E-state index is 0.00989. The first-order valence-corrected chi connectivity index (χ1v) is 7.72. The van der Waals surface area contributed by atoms with Crippen LogP contribution < -0.4 is 10.6 Å². The molecule has 2 aliphatic carbocycles. The Hall–Kier alpha value is -0.570. The van der Waals surface area contributed by atoms with Gasteiger partial charge >= 0.3 is 0 Å². The van der Waals surface area contributed by atoms with Crippen LogP contribution in [0.1, 0.15) is 58.3 Å². The Balaban J connectivity index is 1.75. The van der Waals surface area contributed by atoms with Gasteiger partial charge in [0.05, 0.1) is 6.04 Å². The lowest BCUT2D eigenvalue weighted by Crippen LogP contribution is -2.48. The molecule has 2 rings (SSSR count). The smallest absolute Gasteiger partial charge is 0.237 e. The first-order chi connectivity index (χ1) is 8.74. The van der Waals surface area contributed by atoms with Crippen molar-refractivity contribution < 1.29 is 4.79 Å². The summed E-state index contributed by atoms with van der Waals surface area (Å²) in [6.45, 7) is 2.20. The number of carbonyl (C=O) groups is 1. The maximum atomic E-state index is 12.2. The van der Waals surface area contributed by atoms with Crippen molar-refractivity contribution in [2.75, 3.05) is 7.05 Å². The molecule has 2 N–H and O–H groups in total. The molecular formula is C15H28N2O. The number of carbonyl (C=O) groups excluding carboxylic acids is 1. The van der Waals surface area contributed by atoms with Crippen LogP contribution in [0, 0.1) is 11.8 Å². The second kappa shape index (κ2) is 6.55. The summed E-state index contributed by atoms with van der Waals surface area (Å²) in [7, 11) is 1.90. The summed E-state index contributed by atoms with van der Waals surface area (Å²) in [5.41, 5.74) is 0. The molecule has 4 unspecified atom stereocenters. The number of hydrogen-bond donors (Lipinski definition) is 2. The van der Waals surface area contributed by atoms with E-state index < -0.39 is 0 Å². The van der Waals surface area contributed by atoms with E-state index in [4.69, 9.17) is 0 Å². The summed E-state index contributed by atoms with van der Waals surface area (Å²) in [5.74, 6) is 1.90. The minimum Gasteiger partial charge on any atom is -0.352 e. The predicted octanol–water partition coefficient (Wildman–Crippen LogP) is 2.46. The van der Waals surface area contributed by atoms with Crippen molar-refractivity contribution in [2.24, 2.45) is 11.8 Å². The Morgan fingerprint density at radius 3 is 2.67 bits per heavy atom. The third-order valence-corrected chi connectivity index (χ3v) is 4.83. The summed E-state index contributed by atoms with van der Waals surface area (Å²) in [5, 5.41) is 6.45. The highest BCUT2D eigenvalue weighted by molar-refractivity contribution is 5.82. The van der Waals surface area contributed by atoms with Crippen LogP contribution in [0.4, 0.5) is 0 Å². The van der Waals surface area contributed by atoms with E-state index in [1.807, 2.05) is 7.05 Å². The zero-order chi connectivity index (χ0) is 13.0. The van der Waals surface area contributed by atoms with Gasteiger partial charge in [0, 0.05) is 6.04 Å². The van der Waals surface area contributed by atoms with Gasteiger partial charge in [-0.05, 0) is 44.6 Å². The van der Waals surface area contributed by atoms with E-state index >= 15 is 0 Å². The molecule has 1 amide bonds. The number of unbranched alkanes of at least 4 members (excludes halogenated alkanes) is 2. The third-order valence-electron chi connectivity index (χ3n) is 4.83. The quantitative estimate of drug-likeness (QED) is 0.683. The lowest BCUT2D eigenvalue weighted by molar-refractivity contribution is -0.124. The molecule has 104 valence electrons. The molecule has 2 fully saturated rings. The topological polar surface area (TPSA) is 41.1 Å². The molecule has 0 aromatic rings. The van der Waals surface area contributed by atoms with Crippen molar-refractivity contribution in [3.05, 3.63) is 0 Å². The summed E-state index contributed by atoms with van der Waals surface area (Å²) >= 11 is 0. The minimum atomic E-state index is 0.00989. The van der Waals surface area contributed by atoms with E-state index in [0.29, 0.717) is 6.04 Å². The summed E-state index contributed by atoms with van der Waals surface area (Å²) in [6.07, 6.45) is 9.85. The van der Waals surface area contributed by atoms with Gasteiger partial charge in [-0.3, -0.25) is 4.79 Å². The van der Waals surface area contributed by atoms with E-state index in [2.05, 4.69) is 17.6 Å². The van der Waals surface area contributed by atoms with Crippen LogP contribution in [0.25, 0.3) is 0 Å². The van der Waals surface area contributed by atoms with Gasteiger partial charge in [-0.15, -0.1) is 0 Å². The maximum absolute atomic E-state index is 12.2. The fraction of sp³-hybridized carbons (Fsp3) is 0.933. The molecule has 2 bridgehead atoms. The third kappa shape index (κ3) is 3.25. The Labute approximate surface area is 111 Å². The Morgan fingerprint density at radius 2 is 2.11 bits per heavy atom. The highest BCUT2D eigenvalue weighted by Crippen LogP contribution is 2.44.